The number of nitrogens with one attached hydrogen (secondary N) is 1. The van der Waals surface area contributed by atoms with Crippen LogP contribution in [0.25, 0.3) is 0 Å². The smallest absolute Gasteiger partial charge is 0.129 e. The van der Waals surface area contributed by atoms with E-state index in [1.54, 1.807) is 18.2 Å². The van der Waals surface area contributed by atoms with Gasteiger partial charge in [0, 0.05) is 27.7 Å². The fourth-order valence-electron chi connectivity index (χ4n) is 1.96. The molecule has 2 aromatic rings. The molecule has 2 nitrogen and oxygen atoms in total. The van der Waals surface area contributed by atoms with Gasteiger partial charge < -0.3 is 10.1 Å². The van der Waals surface area contributed by atoms with Crippen molar-refractivity contribution in [2.24, 2.45) is 0 Å². The first-order valence-electron chi connectivity index (χ1n) is 6.54. The molecule has 0 saturated heterocycles. The molecule has 0 aliphatic carbocycles. The Morgan fingerprint density at radius 3 is 2.67 bits per heavy atom. The molecule has 1 unspecified atom stereocenters. The third-order valence-corrected chi connectivity index (χ3v) is 3.76. The van der Waals surface area contributed by atoms with E-state index >= 15 is 0 Å². The summed E-state index contributed by atoms with van der Waals surface area (Å²) in [5.41, 5.74) is 1.24. The summed E-state index contributed by atoms with van der Waals surface area (Å²) in [5, 5.41) is 3.08. The van der Waals surface area contributed by atoms with Gasteiger partial charge in [0.1, 0.15) is 24.0 Å². The van der Waals surface area contributed by atoms with Crippen molar-refractivity contribution in [3.05, 3.63) is 63.6 Å². The van der Waals surface area contributed by atoms with Crippen molar-refractivity contribution in [1.29, 1.82) is 0 Å². The maximum absolute atomic E-state index is 13.7. The van der Waals surface area contributed by atoms with Crippen LogP contribution >= 0.6 is 15.9 Å². The van der Waals surface area contributed by atoms with Gasteiger partial charge in [0.15, 0.2) is 0 Å². The van der Waals surface area contributed by atoms with Crippen LogP contribution in [0.3, 0.4) is 0 Å². The Kier molecular flexibility index (Phi) is 5.31. The van der Waals surface area contributed by atoms with Crippen molar-refractivity contribution in [3.8, 4) is 5.75 Å². The molecule has 5 heteroatoms. The zero-order valence-electron chi connectivity index (χ0n) is 11.8. The summed E-state index contributed by atoms with van der Waals surface area (Å²) in [7, 11) is 1.81. The number of hydrogen-bond acceptors (Lipinski definition) is 2. The van der Waals surface area contributed by atoms with E-state index in [2.05, 4.69) is 21.2 Å². The summed E-state index contributed by atoms with van der Waals surface area (Å²) in [6.45, 7) is 1.98. The van der Waals surface area contributed by atoms with E-state index in [1.165, 1.54) is 18.2 Å². The van der Waals surface area contributed by atoms with Crippen LogP contribution in [0.1, 0.15) is 24.1 Å². The first-order chi connectivity index (χ1) is 10.0. The quantitative estimate of drug-likeness (QED) is 0.846. The fourth-order valence-corrected chi connectivity index (χ4v) is 2.36. The predicted molar refractivity (Wildman–Crippen MR) is 82.3 cm³/mol. The van der Waals surface area contributed by atoms with Gasteiger partial charge in [-0.1, -0.05) is 22.0 Å². The monoisotopic (exact) mass is 355 g/mol. The zero-order valence-corrected chi connectivity index (χ0v) is 13.4. The Balaban J connectivity index is 2.23. The highest BCUT2D eigenvalue weighted by Crippen LogP contribution is 2.27. The van der Waals surface area contributed by atoms with Crippen molar-refractivity contribution in [3.63, 3.8) is 0 Å². The lowest BCUT2D eigenvalue weighted by atomic mass is 10.1. The lowest BCUT2D eigenvalue weighted by molar-refractivity contribution is 0.292. The molecule has 0 aromatic heterocycles. The standard InChI is InChI=1S/C16H16BrF2NO/c1-10(20-2)14-5-4-13(18)8-16(14)21-9-11-7-12(17)3-6-15(11)19/h3-8,10,20H,9H2,1-2H3. The minimum Gasteiger partial charge on any atom is -0.488 e. The minimum atomic E-state index is -0.383. The highest BCUT2D eigenvalue weighted by atomic mass is 79.9. The van der Waals surface area contributed by atoms with Crippen LogP contribution in [0.4, 0.5) is 8.78 Å². The number of ether oxygens (including phenoxy) is 1. The Morgan fingerprint density at radius 2 is 1.95 bits per heavy atom. The predicted octanol–water partition coefficient (Wildman–Crippen LogP) is 4.59. The van der Waals surface area contributed by atoms with Gasteiger partial charge in [0.05, 0.1) is 0 Å². The SMILES string of the molecule is CNC(C)c1ccc(F)cc1OCc1cc(Br)ccc1F. The van der Waals surface area contributed by atoms with Gasteiger partial charge in [-0.3, -0.25) is 0 Å². The van der Waals surface area contributed by atoms with Crippen LogP contribution in [0.2, 0.25) is 0 Å². The molecule has 21 heavy (non-hydrogen) atoms. The van der Waals surface area contributed by atoms with Gasteiger partial charge in [-0.25, -0.2) is 8.78 Å². The molecule has 1 atom stereocenters. The second-order valence-electron chi connectivity index (χ2n) is 4.72. The molecule has 0 aliphatic rings. The molecule has 2 aromatic carbocycles. The molecule has 0 bridgehead atoms. The van der Waals surface area contributed by atoms with Crippen molar-refractivity contribution >= 4 is 15.9 Å². The summed E-state index contributed by atoms with van der Waals surface area (Å²) >= 11 is 3.29. The van der Waals surface area contributed by atoms with Gasteiger partial charge in [0.25, 0.3) is 0 Å². The number of halogens is 3. The first kappa shape index (κ1) is 15.9. The molecule has 112 valence electrons. The molecule has 1 N–H and O–H groups in total. The molecular formula is C16H16BrF2NO. The topological polar surface area (TPSA) is 21.3 Å². The average molecular weight is 356 g/mol. The highest BCUT2D eigenvalue weighted by molar-refractivity contribution is 9.10. The first-order valence-corrected chi connectivity index (χ1v) is 7.34. The lowest BCUT2D eigenvalue weighted by Crippen LogP contribution is -2.14. The number of benzene rings is 2. The van der Waals surface area contributed by atoms with Gasteiger partial charge in [0.2, 0.25) is 0 Å². The largest absolute Gasteiger partial charge is 0.488 e. The zero-order chi connectivity index (χ0) is 15.4. The summed E-state index contributed by atoms with van der Waals surface area (Å²) in [6, 6.07) is 9.02. The van der Waals surface area contributed by atoms with Crippen LogP contribution in [-0.4, -0.2) is 7.05 Å². The molecule has 0 spiro atoms. The highest BCUT2D eigenvalue weighted by Gasteiger charge is 2.12. The number of rotatable bonds is 5. The van der Waals surface area contributed by atoms with Gasteiger partial charge in [-0.15, -0.1) is 0 Å². The van der Waals surface area contributed by atoms with E-state index < -0.39 is 0 Å². The Labute approximate surface area is 131 Å². The van der Waals surface area contributed by atoms with Crippen LogP contribution in [0.15, 0.2) is 40.9 Å². The van der Waals surface area contributed by atoms with Crippen LogP contribution in [-0.2, 0) is 6.61 Å². The number of hydrogen-bond donors (Lipinski definition) is 1. The maximum atomic E-state index is 13.7. The molecule has 0 heterocycles. The lowest BCUT2D eigenvalue weighted by Gasteiger charge is -2.17. The third kappa shape index (κ3) is 4.02. The Hall–Kier alpha value is -1.46. The molecule has 0 fully saturated rings. The van der Waals surface area contributed by atoms with E-state index in [9.17, 15) is 8.78 Å². The molecular weight excluding hydrogens is 340 g/mol. The molecule has 0 amide bonds. The normalized spacial score (nSPS) is 12.2. The van der Waals surface area contributed by atoms with Crippen LogP contribution in [0.5, 0.6) is 5.75 Å². The van der Waals surface area contributed by atoms with Crippen LogP contribution < -0.4 is 10.1 Å². The molecule has 0 radical (unpaired) electrons. The summed E-state index contributed by atoms with van der Waals surface area (Å²) in [6.07, 6.45) is 0. The minimum absolute atomic E-state index is 0.00737. The van der Waals surface area contributed by atoms with E-state index in [0.29, 0.717) is 11.3 Å². The Morgan fingerprint density at radius 1 is 1.19 bits per heavy atom. The van der Waals surface area contributed by atoms with Crippen LogP contribution in [0, 0.1) is 11.6 Å². The van der Waals surface area contributed by atoms with Crippen molar-refractivity contribution in [2.75, 3.05) is 7.05 Å². The van der Waals surface area contributed by atoms with Gasteiger partial charge in [-0.05, 0) is 38.2 Å². The van der Waals surface area contributed by atoms with Crippen molar-refractivity contribution in [2.45, 2.75) is 19.6 Å². The van der Waals surface area contributed by atoms with E-state index in [-0.39, 0.29) is 24.3 Å². The van der Waals surface area contributed by atoms with Gasteiger partial charge >= 0.3 is 0 Å². The summed E-state index contributed by atoms with van der Waals surface area (Å²) in [5.74, 6) is -0.319. The fraction of sp³-hybridized carbons (Fsp3) is 0.250. The maximum Gasteiger partial charge on any atom is 0.129 e. The van der Waals surface area contributed by atoms with Crippen molar-refractivity contribution < 1.29 is 13.5 Å². The van der Waals surface area contributed by atoms with E-state index in [1.807, 2.05) is 14.0 Å². The average Bonchev–Trinajstić information content (AvgIpc) is 2.47. The second kappa shape index (κ2) is 7.00. The van der Waals surface area contributed by atoms with Gasteiger partial charge in [-0.2, -0.15) is 0 Å². The third-order valence-electron chi connectivity index (χ3n) is 3.27. The molecule has 0 saturated carbocycles. The molecule has 2 rings (SSSR count). The summed E-state index contributed by atoms with van der Waals surface area (Å²) < 4.78 is 33.5. The van der Waals surface area contributed by atoms with Crippen molar-refractivity contribution in [1.82, 2.24) is 5.32 Å². The van der Waals surface area contributed by atoms with E-state index in [4.69, 9.17) is 4.74 Å². The second-order valence-corrected chi connectivity index (χ2v) is 5.63. The summed E-state index contributed by atoms with van der Waals surface area (Å²) in [4.78, 5) is 0. The molecule has 0 aliphatic heterocycles. The van der Waals surface area contributed by atoms with E-state index in [0.717, 1.165) is 10.0 Å². The Bertz CT molecular complexity index is 634.